The highest BCUT2D eigenvalue weighted by Gasteiger charge is 2.24. The van der Waals surface area contributed by atoms with E-state index in [1.807, 2.05) is 26.0 Å². The molecule has 0 spiro atoms. The van der Waals surface area contributed by atoms with Crippen LogP contribution in [-0.4, -0.2) is 5.78 Å². The predicted octanol–water partition coefficient (Wildman–Crippen LogP) is 4.72. The van der Waals surface area contributed by atoms with Crippen molar-refractivity contribution in [1.82, 2.24) is 0 Å². The minimum Gasteiger partial charge on any atom is -0.294 e. The average Bonchev–Trinajstić information content (AvgIpc) is 2.34. The van der Waals surface area contributed by atoms with Gasteiger partial charge in [0.05, 0.1) is 5.02 Å². The van der Waals surface area contributed by atoms with Crippen molar-refractivity contribution in [3.05, 3.63) is 33.8 Å². The zero-order valence-electron chi connectivity index (χ0n) is 10.6. The summed E-state index contributed by atoms with van der Waals surface area (Å²) in [6.07, 6.45) is 5.69. The van der Waals surface area contributed by atoms with Gasteiger partial charge in [-0.3, -0.25) is 4.79 Å². The molecule has 0 aliphatic heterocycles. The molecule has 0 bridgehead atoms. The Morgan fingerprint density at radius 1 is 1.12 bits per heavy atom. The van der Waals surface area contributed by atoms with E-state index in [-0.39, 0.29) is 11.7 Å². The van der Waals surface area contributed by atoms with Crippen molar-refractivity contribution >= 4 is 17.4 Å². The molecule has 1 saturated carbocycles. The Kier molecular flexibility index (Phi) is 3.88. The topological polar surface area (TPSA) is 17.1 Å². The van der Waals surface area contributed by atoms with Crippen molar-refractivity contribution in [3.8, 4) is 0 Å². The zero-order valence-corrected chi connectivity index (χ0v) is 11.3. The van der Waals surface area contributed by atoms with E-state index < -0.39 is 0 Å². The van der Waals surface area contributed by atoms with Gasteiger partial charge in [0.15, 0.2) is 5.78 Å². The number of halogens is 1. The zero-order chi connectivity index (χ0) is 12.4. The van der Waals surface area contributed by atoms with Crippen LogP contribution in [0.3, 0.4) is 0 Å². The van der Waals surface area contributed by atoms with Gasteiger partial charge in [-0.1, -0.05) is 30.9 Å². The van der Waals surface area contributed by atoms with Crippen LogP contribution in [0.5, 0.6) is 0 Å². The van der Waals surface area contributed by atoms with Gasteiger partial charge in [0, 0.05) is 11.5 Å². The lowest BCUT2D eigenvalue weighted by Gasteiger charge is -2.21. The molecule has 1 aromatic carbocycles. The second-order valence-corrected chi connectivity index (χ2v) is 5.52. The molecule has 0 atom stereocenters. The first-order valence-corrected chi connectivity index (χ1v) is 6.78. The van der Waals surface area contributed by atoms with E-state index >= 15 is 0 Å². The second-order valence-electron chi connectivity index (χ2n) is 5.12. The van der Waals surface area contributed by atoms with Crippen LogP contribution in [0.25, 0.3) is 0 Å². The van der Waals surface area contributed by atoms with Crippen molar-refractivity contribution in [1.29, 1.82) is 0 Å². The SMILES string of the molecule is Cc1cc(Cl)c(C(=O)C2CCCCC2)cc1C. The van der Waals surface area contributed by atoms with E-state index in [4.69, 9.17) is 11.6 Å². The van der Waals surface area contributed by atoms with Crippen molar-refractivity contribution in [3.63, 3.8) is 0 Å². The van der Waals surface area contributed by atoms with Crippen LogP contribution >= 0.6 is 11.6 Å². The summed E-state index contributed by atoms with van der Waals surface area (Å²) < 4.78 is 0. The molecule has 1 aromatic rings. The monoisotopic (exact) mass is 250 g/mol. The number of carbonyl (C=O) groups is 1. The number of benzene rings is 1. The molecule has 0 radical (unpaired) electrons. The van der Waals surface area contributed by atoms with Crippen LogP contribution in [-0.2, 0) is 0 Å². The minimum absolute atomic E-state index is 0.198. The summed E-state index contributed by atoms with van der Waals surface area (Å²) in [7, 11) is 0. The third-order valence-electron chi connectivity index (χ3n) is 3.82. The summed E-state index contributed by atoms with van der Waals surface area (Å²) in [5.74, 6) is 0.446. The summed E-state index contributed by atoms with van der Waals surface area (Å²) in [4.78, 5) is 12.4. The lowest BCUT2D eigenvalue weighted by molar-refractivity contribution is 0.0889. The second kappa shape index (κ2) is 5.22. The summed E-state index contributed by atoms with van der Waals surface area (Å²) >= 11 is 6.19. The molecule has 0 amide bonds. The van der Waals surface area contributed by atoms with Crippen LogP contribution in [0.15, 0.2) is 12.1 Å². The van der Waals surface area contributed by atoms with Gasteiger partial charge in [-0.2, -0.15) is 0 Å². The van der Waals surface area contributed by atoms with E-state index in [1.54, 1.807) is 0 Å². The lowest BCUT2D eigenvalue weighted by Crippen LogP contribution is -2.18. The van der Waals surface area contributed by atoms with Crippen LogP contribution in [0.2, 0.25) is 5.02 Å². The molecular weight excluding hydrogens is 232 g/mol. The molecule has 1 nitrogen and oxygen atoms in total. The Bertz CT molecular complexity index is 431. The summed E-state index contributed by atoms with van der Waals surface area (Å²) in [5.41, 5.74) is 3.02. The van der Waals surface area contributed by atoms with Crippen LogP contribution in [0, 0.1) is 19.8 Å². The number of Topliss-reactive ketones (excluding diaryl/α,β-unsaturated/α-hetero) is 1. The molecular formula is C15H19ClO. The highest BCUT2D eigenvalue weighted by Crippen LogP contribution is 2.30. The normalized spacial score (nSPS) is 17.1. The number of hydrogen-bond donors (Lipinski definition) is 0. The van der Waals surface area contributed by atoms with Crippen molar-refractivity contribution < 1.29 is 4.79 Å². The van der Waals surface area contributed by atoms with E-state index in [0.29, 0.717) is 5.02 Å². The fraction of sp³-hybridized carbons (Fsp3) is 0.533. The van der Waals surface area contributed by atoms with Crippen LogP contribution in [0.4, 0.5) is 0 Å². The molecule has 2 rings (SSSR count). The summed E-state index contributed by atoms with van der Waals surface area (Å²) in [6.45, 7) is 4.05. The molecule has 0 unspecified atom stereocenters. The first-order valence-electron chi connectivity index (χ1n) is 6.40. The highest BCUT2D eigenvalue weighted by molar-refractivity contribution is 6.34. The van der Waals surface area contributed by atoms with Crippen LogP contribution in [0.1, 0.15) is 53.6 Å². The largest absolute Gasteiger partial charge is 0.294 e. The maximum absolute atomic E-state index is 12.4. The molecule has 0 heterocycles. The molecule has 0 saturated heterocycles. The Labute approximate surface area is 108 Å². The smallest absolute Gasteiger partial charge is 0.167 e. The molecule has 92 valence electrons. The van der Waals surface area contributed by atoms with Crippen molar-refractivity contribution in [2.75, 3.05) is 0 Å². The van der Waals surface area contributed by atoms with Gasteiger partial charge in [0.2, 0.25) is 0 Å². The van der Waals surface area contributed by atoms with E-state index in [2.05, 4.69) is 0 Å². The Morgan fingerprint density at radius 2 is 1.71 bits per heavy atom. The first-order chi connectivity index (χ1) is 8.09. The number of ketones is 1. The van der Waals surface area contributed by atoms with Gasteiger partial charge in [-0.25, -0.2) is 0 Å². The van der Waals surface area contributed by atoms with Gasteiger partial charge < -0.3 is 0 Å². The summed E-state index contributed by atoms with van der Waals surface area (Å²) in [6, 6.07) is 3.86. The van der Waals surface area contributed by atoms with Gasteiger partial charge in [0.1, 0.15) is 0 Å². The van der Waals surface area contributed by atoms with Crippen LogP contribution < -0.4 is 0 Å². The van der Waals surface area contributed by atoms with E-state index in [9.17, 15) is 4.79 Å². The molecule has 2 heteroatoms. The number of aryl methyl sites for hydroxylation is 2. The Morgan fingerprint density at radius 3 is 2.35 bits per heavy atom. The molecule has 0 N–H and O–H groups in total. The molecule has 0 aromatic heterocycles. The maximum atomic E-state index is 12.4. The fourth-order valence-electron chi connectivity index (χ4n) is 2.55. The van der Waals surface area contributed by atoms with Gasteiger partial charge >= 0.3 is 0 Å². The van der Waals surface area contributed by atoms with E-state index in [1.165, 1.54) is 19.3 Å². The molecule has 1 fully saturated rings. The van der Waals surface area contributed by atoms with Gasteiger partial charge in [-0.15, -0.1) is 0 Å². The molecule has 1 aliphatic rings. The number of hydrogen-bond acceptors (Lipinski definition) is 1. The maximum Gasteiger partial charge on any atom is 0.167 e. The summed E-state index contributed by atoms with van der Waals surface area (Å²) in [5, 5.41) is 0.615. The number of carbonyl (C=O) groups excluding carboxylic acids is 1. The first kappa shape index (κ1) is 12.6. The quantitative estimate of drug-likeness (QED) is 0.694. The third kappa shape index (κ3) is 2.71. The standard InChI is InChI=1S/C15H19ClO/c1-10-8-13(14(16)9-11(10)2)15(17)12-6-4-3-5-7-12/h8-9,12H,3-7H2,1-2H3. The molecule has 17 heavy (non-hydrogen) atoms. The van der Waals surface area contributed by atoms with Gasteiger partial charge in [-0.05, 0) is 49.9 Å². The Hall–Kier alpha value is -0.820. The Balaban J connectivity index is 2.26. The predicted molar refractivity (Wildman–Crippen MR) is 71.8 cm³/mol. The third-order valence-corrected chi connectivity index (χ3v) is 4.14. The average molecular weight is 251 g/mol. The van der Waals surface area contributed by atoms with E-state index in [0.717, 1.165) is 29.5 Å². The highest BCUT2D eigenvalue weighted by atomic mass is 35.5. The molecule has 1 aliphatic carbocycles. The number of rotatable bonds is 2. The fourth-order valence-corrected chi connectivity index (χ4v) is 2.87. The van der Waals surface area contributed by atoms with Crippen molar-refractivity contribution in [2.24, 2.45) is 5.92 Å². The minimum atomic E-state index is 0.198. The van der Waals surface area contributed by atoms with Crippen molar-refractivity contribution in [2.45, 2.75) is 46.0 Å². The lowest BCUT2D eigenvalue weighted by atomic mass is 9.83. The van der Waals surface area contributed by atoms with Gasteiger partial charge in [0.25, 0.3) is 0 Å².